The summed E-state index contributed by atoms with van der Waals surface area (Å²) >= 11 is 4.82. The Labute approximate surface area is 133 Å². The second-order valence-electron chi connectivity index (χ2n) is 4.44. The molecule has 0 bridgehead atoms. The highest BCUT2D eigenvalue weighted by Crippen LogP contribution is 2.33. The number of ether oxygens (including phenoxy) is 1. The number of esters is 1. The number of para-hydroxylation sites is 1. The van der Waals surface area contributed by atoms with Crippen molar-refractivity contribution < 1.29 is 9.53 Å². The van der Waals surface area contributed by atoms with Crippen LogP contribution >= 0.6 is 27.3 Å². The van der Waals surface area contributed by atoms with Crippen LogP contribution in [0.4, 0.5) is 0 Å². The first-order valence-corrected chi connectivity index (χ1v) is 7.82. The highest BCUT2D eigenvalue weighted by molar-refractivity contribution is 9.10. The highest BCUT2D eigenvalue weighted by Gasteiger charge is 2.19. The summed E-state index contributed by atoms with van der Waals surface area (Å²) in [5.74, 6) is -0.367. The molecule has 21 heavy (non-hydrogen) atoms. The molecule has 3 aromatic rings. The van der Waals surface area contributed by atoms with Crippen molar-refractivity contribution in [1.29, 1.82) is 0 Å². The maximum absolute atomic E-state index is 11.7. The monoisotopic (exact) mass is 362 g/mol. The molecule has 0 saturated heterocycles. The van der Waals surface area contributed by atoms with Crippen molar-refractivity contribution in [2.45, 2.75) is 6.92 Å². The Hall–Kier alpha value is -1.79. The second-order valence-corrected chi connectivity index (χ2v) is 6.29. The maximum atomic E-state index is 11.7. The first-order valence-electron chi connectivity index (χ1n) is 6.21. The number of hydrogen-bond acceptors (Lipinski definition) is 5. The lowest BCUT2D eigenvalue weighted by atomic mass is 10.2. The van der Waals surface area contributed by atoms with Crippen LogP contribution in [0.5, 0.6) is 0 Å². The van der Waals surface area contributed by atoms with Crippen molar-refractivity contribution in [1.82, 2.24) is 9.97 Å². The molecule has 6 heteroatoms. The third-order valence-corrected chi connectivity index (χ3v) is 4.80. The second kappa shape index (κ2) is 5.54. The molecule has 0 fully saturated rings. The molecule has 2 aromatic heterocycles. The normalized spacial score (nSPS) is 10.8. The predicted octanol–water partition coefficient (Wildman–Crippen LogP) is 4.22. The van der Waals surface area contributed by atoms with Crippen molar-refractivity contribution in [2.75, 3.05) is 7.11 Å². The minimum Gasteiger partial charge on any atom is -0.465 e. The van der Waals surface area contributed by atoms with Crippen molar-refractivity contribution >= 4 is 44.1 Å². The van der Waals surface area contributed by atoms with E-state index in [1.165, 1.54) is 18.4 Å². The molecule has 0 N–H and O–H groups in total. The molecule has 4 nitrogen and oxygen atoms in total. The Balaban J connectivity index is 2.16. The molecular weight excluding hydrogens is 352 g/mol. The van der Waals surface area contributed by atoms with Gasteiger partial charge in [0.15, 0.2) is 0 Å². The van der Waals surface area contributed by atoms with E-state index in [9.17, 15) is 4.79 Å². The van der Waals surface area contributed by atoms with Gasteiger partial charge in [-0.15, -0.1) is 11.3 Å². The average molecular weight is 363 g/mol. The zero-order valence-corrected chi connectivity index (χ0v) is 13.8. The van der Waals surface area contributed by atoms with Gasteiger partial charge in [0.05, 0.1) is 18.3 Å². The fraction of sp³-hybridized carbons (Fsp3) is 0.133. The van der Waals surface area contributed by atoms with Gasteiger partial charge in [0.25, 0.3) is 0 Å². The number of nitrogens with zero attached hydrogens (tertiary/aromatic N) is 2. The number of hydrogen-bond donors (Lipinski definition) is 0. The standard InChI is InChI=1S/C15H11BrN2O2S/c1-8-13(15(19)20-2)21-14(17-8)12-10(16)7-9-5-3-4-6-11(9)18-12/h3-7H,1-2H3. The van der Waals surface area contributed by atoms with Crippen LogP contribution in [0.3, 0.4) is 0 Å². The first-order chi connectivity index (χ1) is 10.1. The minimum absolute atomic E-state index is 0.367. The molecular formula is C15H11BrN2O2S. The number of fused-ring (bicyclic) bond motifs is 1. The van der Waals surface area contributed by atoms with Crippen LogP contribution in [0.1, 0.15) is 15.4 Å². The number of halogens is 1. The van der Waals surface area contributed by atoms with E-state index >= 15 is 0 Å². The molecule has 0 radical (unpaired) electrons. The van der Waals surface area contributed by atoms with Gasteiger partial charge in [-0.05, 0) is 35.0 Å². The Morgan fingerprint density at radius 3 is 2.81 bits per heavy atom. The molecule has 0 atom stereocenters. The predicted molar refractivity (Wildman–Crippen MR) is 86.6 cm³/mol. The lowest BCUT2D eigenvalue weighted by Crippen LogP contribution is -1.99. The quantitative estimate of drug-likeness (QED) is 0.640. The summed E-state index contributed by atoms with van der Waals surface area (Å²) in [6.07, 6.45) is 0. The summed E-state index contributed by atoms with van der Waals surface area (Å²) in [5, 5.41) is 1.75. The van der Waals surface area contributed by atoms with Crippen LogP contribution in [-0.2, 0) is 4.74 Å². The number of pyridine rings is 1. The Kier molecular flexibility index (Phi) is 3.73. The fourth-order valence-corrected chi connectivity index (χ4v) is 3.66. The minimum atomic E-state index is -0.367. The molecule has 1 aromatic carbocycles. The molecule has 0 amide bonds. The number of thiazole rings is 1. The molecule has 0 spiro atoms. The number of rotatable bonds is 2. The van der Waals surface area contributed by atoms with E-state index in [0.717, 1.165) is 21.1 Å². The smallest absolute Gasteiger partial charge is 0.349 e. The van der Waals surface area contributed by atoms with E-state index in [1.807, 2.05) is 30.3 Å². The van der Waals surface area contributed by atoms with Crippen molar-refractivity contribution in [3.8, 4) is 10.7 Å². The van der Waals surface area contributed by atoms with Crippen LogP contribution in [-0.4, -0.2) is 23.0 Å². The number of methoxy groups -OCH3 is 1. The van der Waals surface area contributed by atoms with E-state index in [-0.39, 0.29) is 5.97 Å². The zero-order chi connectivity index (χ0) is 15.0. The van der Waals surface area contributed by atoms with Crippen LogP contribution in [0, 0.1) is 6.92 Å². The van der Waals surface area contributed by atoms with Gasteiger partial charge >= 0.3 is 5.97 Å². The lowest BCUT2D eigenvalue weighted by molar-refractivity contribution is 0.0605. The maximum Gasteiger partial charge on any atom is 0.349 e. The van der Waals surface area contributed by atoms with Gasteiger partial charge in [0.2, 0.25) is 0 Å². The van der Waals surface area contributed by atoms with E-state index < -0.39 is 0 Å². The van der Waals surface area contributed by atoms with Crippen LogP contribution < -0.4 is 0 Å². The van der Waals surface area contributed by atoms with Gasteiger partial charge in [-0.3, -0.25) is 0 Å². The Bertz CT molecular complexity index is 845. The van der Waals surface area contributed by atoms with Crippen LogP contribution in [0.25, 0.3) is 21.6 Å². The molecule has 3 rings (SSSR count). The average Bonchev–Trinajstić information content (AvgIpc) is 2.87. The molecule has 0 aliphatic carbocycles. The van der Waals surface area contributed by atoms with Crippen LogP contribution in [0.2, 0.25) is 0 Å². The molecule has 0 saturated carbocycles. The van der Waals surface area contributed by atoms with Gasteiger partial charge in [-0.1, -0.05) is 18.2 Å². The van der Waals surface area contributed by atoms with Gasteiger partial charge in [-0.2, -0.15) is 0 Å². The molecule has 2 heterocycles. The van der Waals surface area contributed by atoms with E-state index in [1.54, 1.807) is 6.92 Å². The summed E-state index contributed by atoms with van der Waals surface area (Å²) in [5.41, 5.74) is 2.28. The summed E-state index contributed by atoms with van der Waals surface area (Å²) in [7, 11) is 1.37. The van der Waals surface area contributed by atoms with Gasteiger partial charge < -0.3 is 4.74 Å². The Morgan fingerprint density at radius 1 is 1.29 bits per heavy atom. The van der Waals surface area contributed by atoms with E-state index in [4.69, 9.17) is 4.74 Å². The summed E-state index contributed by atoms with van der Waals surface area (Å²) in [6, 6.07) is 9.88. The van der Waals surface area contributed by atoms with Crippen molar-refractivity contribution in [3.63, 3.8) is 0 Å². The largest absolute Gasteiger partial charge is 0.465 e. The van der Waals surface area contributed by atoms with Gasteiger partial charge in [0.1, 0.15) is 15.6 Å². The van der Waals surface area contributed by atoms with E-state index in [2.05, 4.69) is 25.9 Å². The summed E-state index contributed by atoms with van der Waals surface area (Å²) in [4.78, 5) is 21.3. The lowest BCUT2D eigenvalue weighted by Gasteiger charge is -2.03. The zero-order valence-electron chi connectivity index (χ0n) is 11.4. The number of carbonyl (C=O) groups excluding carboxylic acids is 1. The molecule has 0 unspecified atom stereocenters. The van der Waals surface area contributed by atoms with Crippen molar-refractivity contribution in [2.24, 2.45) is 0 Å². The fourth-order valence-electron chi connectivity index (χ4n) is 2.02. The molecule has 0 aliphatic heterocycles. The molecule has 0 aliphatic rings. The summed E-state index contributed by atoms with van der Waals surface area (Å²) in [6.45, 7) is 1.79. The first kappa shape index (κ1) is 14.2. The van der Waals surface area contributed by atoms with Crippen molar-refractivity contribution in [3.05, 3.63) is 45.4 Å². The van der Waals surface area contributed by atoms with Gasteiger partial charge in [0, 0.05) is 9.86 Å². The third kappa shape index (κ3) is 2.56. The topological polar surface area (TPSA) is 52.1 Å². The Morgan fingerprint density at radius 2 is 2.05 bits per heavy atom. The van der Waals surface area contributed by atoms with E-state index in [0.29, 0.717) is 15.6 Å². The number of benzene rings is 1. The number of aryl methyl sites for hydroxylation is 1. The summed E-state index contributed by atoms with van der Waals surface area (Å²) < 4.78 is 5.62. The molecule has 106 valence electrons. The SMILES string of the molecule is COC(=O)c1sc(-c2nc3ccccc3cc2Br)nc1C. The third-order valence-electron chi connectivity index (χ3n) is 3.05. The highest BCUT2D eigenvalue weighted by atomic mass is 79.9. The number of aromatic nitrogens is 2. The van der Waals surface area contributed by atoms with Crippen LogP contribution in [0.15, 0.2) is 34.8 Å². The number of carbonyl (C=O) groups is 1. The van der Waals surface area contributed by atoms with Gasteiger partial charge in [-0.25, -0.2) is 14.8 Å².